The number of carbonyl (C=O) groups excluding carboxylic acids is 3. The molecule has 2 saturated carbocycles. The second-order valence-corrected chi connectivity index (χ2v) is 5.19. The maximum Gasteiger partial charge on any atom is 0.309 e. The standard InChI is InChI=1S/C7H12O3.C7H10O3/c2*1-10-7(9)5-2-3-6(8)4-5/h5-6,8H,2-4H2,1H3;5H,2-4H2,1H3. The molecule has 2 aliphatic carbocycles. The minimum absolute atomic E-state index is 0.0556. The van der Waals surface area contributed by atoms with Gasteiger partial charge in [-0.15, -0.1) is 0 Å². The molecule has 6 nitrogen and oxygen atoms in total. The first kappa shape index (κ1) is 16.6. The van der Waals surface area contributed by atoms with E-state index in [4.69, 9.17) is 5.11 Å². The van der Waals surface area contributed by atoms with E-state index in [0.29, 0.717) is 25.7 Å². The van der Waals surface area contributed by atoms with Crippen molar-refractivity contribution in [3.63, 3.8) is 0 Å². The smallest absolute Gasteiger partial charge is 0.309 e. The van der Waals surface area contributed by atoms with E-state index in [1.54, 1.807) is 0 Å². The lowest BCUT2D eigenvalue weighted by atomic mass is 10.1. The summed E-state index contributed by atoms with van der Waals surface area (Å²) in [5.74, 6) is -0.463. The second-order valence-electron chi connectivity index (χ2n) is 5.19. The van der Waals surface area contributed by atoms with Gasteiger partial charge in [0.1, 0.15) is 5.78 Å². The summed E-state index contributed by atoms with van der Waals surface area (Å²) in [6.07, 6.45) is 3.39. The first-order chi connectivity index (χ1) is 9.47. The van der Waals surface area contributed by atoms with Crippen molar-refractivity contribution in [3.05, 3.63) is 0 Å². The predicted molar refractivity (Wildman–Crippen MR) is 69.7 cm³/mol. The lowest BCUT2D eigenvalue weighted by Crippen LogP contribution is -2.13. The van der Waals surface area contributed by atoms with E-state index in [2.05, 4.69) is 9.47 Å². The lowest BCUT2D eigenvalue weighted by molar-refractivity contribution is -0.146. The molecule has 3 atom stereocenters. The van der Waals surface area contributed by atoms with Crippen LogP contribution >= 0.6 is 0 Å². The first-order valence-electron chi connectivity index (χ1n) is 6.83. The number of hydrogen-bond donors (Lipinski definition) is 1. The van der Waals surface area contributed by atoms with E-state index in [9.17, 15) is 14.4 Å². The molecule has 0 amide bonds. The number of Topliss-reactive ketones (excluding diaryl/α,β-unsaturated/α-hetero) is 1. The number of hydrogen-bond acceptors (Lipinski definition) is 6. The fraction of sp³-hybridized carbons (Fsp3) is 0.786. The number of carbonyl (C=O) groups is 3. The second kappa shape index (κ2) is 7.99. The molecule has 2 fully saturated rings. The number of rotatable bonds is 2. The molecule has 20 heavy (non-hydrogen) atoms. The van der Waals surface area contributed by atoms with Gasteiger partial charge in [0.15, 0.2) is 0 Å². The van der Waals surface area contributed by atoms with Crippen LogP contribution in [0, 0.1) is 11.8 Å². The van der Waals surface area contributed by atoms with Crippen LogP contribution < -0.4 is 0 Å². The van der Waals surface area contributed by atoms with Crippen LogP contribution in [0.15, 0.2) is 0 Å². The molecule has 0 saturated heterocycles. The monoisotopic (exact) mass is 286 g/mol. The van der Waals surface area contributed by atoms with Gasteiger partial charge in [-0.2, -0.15) is 0 Å². The Morgan fingerprint density at radius 1 is 1.05 bits per heavy atom. The summed E-state index contributed by atoms with van der Waals surface area (Å²) in [5, 5.41) is 9.04. The fourth-order valence-corrected chi connectivity index (χ4v) is 2.52. The zero-order valence-corrected chi connectivity index (χ0v) is 12.0. The molecule has 2 rings (SSSR count). The Balaban J connectivity index is 0.000000200. The van der Waals surface area contributed by atoms with Gasteiger partial charge in [-0.05, 0) is 25.7 Å². The largest absolute Gasteiger partial charge is 0.469 e. The van der Waals surface area contributed by atoms with Crippen LogP contribution in [0.1, 0.15) is 38.5 Å². The third kappa shape index (κ3) is 4.92. The molecule has 0 heterocycles. The zero-order chi connectivity index (χ0) is 15.1. The van der Waals surface area contributed by atoms with Gasteiger partial charge in [0, 0.05) is 12.8 Å². The Bertz CT molecular complexity index is 365. The Hall–Kier alpha value is -1.43. The van der Waals surface area contributed by atoms with Crippen molar-refractivity contribution in [2.75, 3.05) is 14.2 Å². The van der Waals surface area contributed by atoms with Gasteiger partial charge in [-0.3, -0.25) is 14.4 Å². The summed E-state index contributed by atoms with van der Waals surface area (Å²) in [6.45, 7) is 0. The van der Waals surface area contributed by atoms with Gasteiger partial charge in [0.25, 0.3) is 0 Å². The number of aliphatic hydroxyl groups excluding tert-OH is 1. The lowest BCUT2D eigenvalue weighted by Gasteiger charge is -2.04. The van der Waals surface area contributed by atoms with E-state index in [0.717, 1.165) is 12.8 Å². The molecule has 6 heteroatoms. The number of methoxy groups -OCH3 is 2. The maximum absolute atomic E-state index is 10.8. The van der Waals surface area contributed by atoms with Crippen LogP contribution in [0.4, 0.5) is 0 Å². The molecular formula is C14H22O6. The van der Waals surface area contributed by atoms with Gasteiger partial charge in [0.2, 0.25) is 0 Å². The maximum atomic E-state index is 10.8. The molecule has 2 aliphatic rings. The van der Waals surface area contributed by atoms with Gasteiger partial charge in [0.05, 0.1) is 32.2 Å². The van der Waals surface area contributed by atoms with E-state index in [1.165, 1.54) is 14.2 Å². The van der Waals surface area contributed by atoms with Gasteiger partial charge < -0.3 is 14.6 Å². The number of ether oxygens (including phenoxy) is 2. The van der Waals surface area contributed by atoms with Crippen LogP contribution in [0.25, 0.3) is 0 Å². The highest BCUT2D eigenvalue weighted by Gasteiger charge is 2.29. The molecule has 0 aromatic heterocycles. The Morgan fingerprint density at radius 2 is 1.65 bits per heavy atom. The van der Waals surface area contributed by atoms with Crippen molar-refractivity contribution in [1.29, 1.82) is 0 Å². The summed E-state index contributed by atoms with van der Waals surface area (Å²) >= 11 is 0. The van der Waals surface area contributed by atoms with Crippen LogP contribution in [-0.2, 0) is 23.9 Å². The highest BCUT2D eigenvalue weighted by molar-refractivity contribution is 5.87. The zero-order valence-electron chi connectivity index (χ0n) is 12.0. The van der Waals surface area contributed by atoms with Crippen molar-refractivity contribution in [2.45, 2.75) is 44.6 Å². The van der Waals surface area contributed by atoms with Crippen molar-refractivity contribution >= 4 is 17.7 Å². The van der Waals surface area contributed by atoms with Crippen LogP contribution in [0.5, 0.6) is 0 Å². The minimum atomic E-state index is -0.288. The predicted octanol–water partition coefficient (Wildman–Crippen LogP) is 0.849. The molecule has 1 N–H and O–H groups in total. The number of aliphatic hydroxyl groups is 1. The van der Waals surface area contributed by atoms with Crippen LogP contribution in [0.3, 0.4) is 0 Å². The molecule has 114 valence electrons. The molecule has 0 aromatic rings. The van der Waals surface area contributed by atoms with E-state index >= 15 is 0 Å². The molecule has 0 aromatic carbocycles. The topological polar surface area (TPSA) is 89.9 Å². The molecular weight excluding hydrogens is 264 g/mol. The van der Waals surface area contributed by atoms with E-state index < -0.39 is 0 Å². The quantitative estimate of drug-likeness (QED) is 0.757. The van der Waals surface area contributed by atoms with Crippen LogP contribution in [-0.4, -0.2) is 43.2 Å². The molecule has 3 unspecified atom stereocenters. The minimum Gasteiger partial charge on any atom is -0.469 e. The third-order valence-corrected chi connectivity index (χ3v) is 3.72. The molecule has 0 radical (unpaired) electrons. The van der Waals surface area contributed by atoms with Crippen molar-refractivity contribution in [1.82, 2.24) is 0 Å². The van der Waals surface area contributed by atoms with Crippen LogP contribution in [0.2, 0.25) is 0 Å². The number of ketones is 1. The summed E-state index contributed by atoms with van der Waals surface area (Å²) in [6, 6.07) is 0. The number of esters is 2. The van der Waals surface area contributed by atoms with Gasteiger partial charge in [-0.1, -0.05) is 0 Å². The summed E-state index contributed by atoms with van der Waals surface area (Å²) < 4.78 is 9.02. The van der Waals surface area contributed by atoms with Crippen molar-refractivity contribution in [3.8, 4) is 0 Å². The summed E-state index contributed by atoms with van der Waals surface area (Å²) in [7, 11) is 2.73. The molecule has 0 bridgehead atoms. The Kier molecular flexibility index (Phi) is 6.64. The Morgan fingerprint density at radius 3 is 2.05 bits per heavy atom. The first-order valence-corrected chi connectivity index (χ1v) is 6.83. The summed E-state index contributed by atoms with van der Waals surface area (Å²) in [4.78, 5) is 32.3. The van der Waals surface area contributed by atoms with E-state index in [1.807, 2.05) is 0 Å². The average Bonchev–Trinajstić information content (AvgIpc) is 3.06. The molecule has 0 spiro atoms. The average molecular weight is 286 g/mol. The van der Waals surface area contributed by atoms with E-state index in [-0.39, 0.29) is 35.7 Å². The highest BCUT2D eigenvalue weighted by atomic mass is 16.5. The van der Waals surface area contributed by atoms with Gasteiger partial charge >= 0.3 is 11.9 Å². The summed E-state index contributed by atoms with van der Waals surface area (Å²) in [5.41, 5.74) is 0. The molecule has 0 aliphatic heterocycles. The van der Waals surface area contributed by atoms with Crippen molar-refractivity contribution in [2.24, 2.45) is 11.8 Å². The normalized spacial score (nSPS) is 28.6. The Labute approximate surface area is 118 Å². The highest BCUT2D eigenvalue weighted by Crippen LogP contribution is 2.26. The van der Waals surface area contributed by atoms with Crippen molar-refractivity contribution < 1.29 is 29.0 Å². The SMILES string of the molecule is COC(=O)C1CCC(=O)C1.COC(=O)C1CCC(O)C1. The van der Waals surface area contributed by atoms with Gasteiger partial charge in [-0.25, -0.2) is 0 Å². The third-order valence-electron chi connectivity index (χ3n) is 3.72. The fourth-order valence-electron chi connectivity index (χ4n) is 2.52.